The number of anilines is 2. The number of Topliss-reactive ketones (excluding diaryl/α,β-unsaturated/α-hetero) is 1. The van der Waals surface area contributed by atoms with Crippen molar-refractivity contribution in [2.45, 2.75) is 33.2 Å². The largest absolute Gasteiger partial charge is 0.369 e. The molecule has 6 nitrogen and oxygen atoms in total. The number of benzene rings is 2. The van der Waals surface area contributed by atoms with E-state index in [0.717, 1.165) is 43.0 Å². The van der Waals surface area contributed by atoms with E-state index in [-0.39, 0.29) is 30.1 Å². The number of piperazine rings is 1. The second kappa shape index (κ2) is 8.03. The Morgan fingerprint density at radius 1 is 0.933 bits per heavy atom. The van der Waals surface area contributed by atoms with Gasteiger partial charge in [0, 0.05) is 37.4 Å². The van der Waals surface area contributed by atoms with Gasteiger partial charge in [-0.05, 0) is 62.2 Å². The quantitative estimate of drug-likeness (QED) is 0.578. The van der Waals surface area contributed by atoms with Crippen LogP contribution in [0, 0.1) is 13.8 Å². The summed E-state index contributed by atoms with van der Waals surface area (Å²) in [5.41, 5.74) is 4.45. The maximum Gasteiger partial charge on any atom is 0.251 e. The molecule has 6 heteroatoms. The zero-order valence-electron chi connectivity index (χ0n) is 17.7. The smallest absolute Gasteiger partial charge is 0.251 e. The van der Waals surface area contributed by atoms with Crippen molar-refractivity contribution < 1.29 is 14.4 Å². The summed E-state index contributed by atoms with van der Waals surface area (Å²) >= 11 is 0. The summed E-state index contributed by atoms with van der Waals surface area (Å²) in [5, 5.41) is 0. The fraction of sp³-hybridized carbons (Fsp3) is 0.375. The summed E-state index contributed by atoms with van der Waals surface area (Å²) < 4.78 is 0. The molecule has 0 aromatic heterocycles. The average molecular weight is 405 g/mol. The molecule has 2 fully saturated rings. The van der Waals surface area contributed by atoms with Crippen LogP contribution in [0.4, 0.5) is 11.4 Å². The van der Waals surface area contributed by atoms with Gasteiger partial charge in [-0.25, -0.2) is 4.90 Å². The van der Waals surface area contributed by atoms with E-state index >= 15 is 0 Å². The van der Waals surface area contributed by atoms with Gasteiger partial charge in [-0.15, -0.1) is 0 Å². The third-order valence-electron chi connectivity index (χ3n) is 6.12. The predicted octanol–water partition coefficient (Wildman–Crippen LogP) is 2.96. The van der Waals surface area contributed by atoms with Crippen LogP contribution in [-0.2, 0) is 9.59 Å². The van der Waals surface area contributed by atoms with E-state index in [0.29, 0.717) is 11.3 Å². The molecule has 4 rings (SSSR count). The van der Waals surface area contributed by atoms with Crippen molar-refractivity contribution in [1.82, 2.24) is 4.90 Å². The van der Waals surface area contributed by atoms with Gasteiger partial charge in [0.05, 0.1) is 18.2 Å². The highest BCUT2D eigenvalue weighted by molar-refractivity contribution is 6.22. The molecular formula is C24H27N3O3. The van der Waals surface area contributed by atoms with E-state index in [1.54, 1.807) is 6.92 Å². The van der Waals surface area contributed by atoms with E-state index in [1.807, 2.05) is 56.3 Å². The molecule has 0 aliphatic carbocycles. The van der Waals surface area contributed by atoms with Crippen molar-refractivity contribution in [1.29, 1.82) is 0 Å². The van der Waals surface area contributed by atoms with Gasteiger partial charge >= 0.3 is 0 Å². The van der Waals surface area contributed by atoms with Crippen LogP contribution in [-0.4, -0.2) is 54.7 Å². The molecule has 2 aromatic carbocycles. The molecule has 2 aliphatic heterocycles. The molecule has 156 valence electrons. The lowest BCUT2D eigenvalue weighted by molar-refractivity contribution is -0.123. The Labute approximate surface area is 177 Å². The van der Waals surface area contributed by atoms with Crippen molar-refractivity contribution >= 4 is 29.0 Å². The zero-order chi connectivity index (χ0) is 21.4. The molecule has 0 radical (unpaired) electrons. The van der Waals surface area contributed by atoms with Crippen molar-refractivity contribution in [2.24, 2.45) is 0 Å². The molecule has 30 heavy (non-hydrogen) atoms. The van der Waals surface area contributed by atoms with Gasteiger partial charge in [-0.3, -0.25) is 19.3 Å². The number of nitrogens with zero attached hydrogens (tertiary/aromatic N) is 3. The Morgan fingerprint density at radius 3 is 2.23 bits per heavy atom. The first kappa shape index (κ1) is 20.3. The molecular weight excluding hydrogens is 378 g/mol. The van der Waals surface area contributed by atoms with E-state index in [9.17, 15) is 14.4 Å². The Balaban J connectivity index is 1.44. The summed E-state index contributed by atoms with van der Waals surface area (Å²) in [6.07, 6.45) is 0.236. The number of ketones is 1. The number of rotatable bonds is 4. The molecule has 0 spiro atoms. The number of imide groups is 1. The summed E-state index contributed by atoms with van der Waals surface area (Å²) in [7, 11) is 0. The lowest BCUT2D eigenvalue weighted by Gasteiger charge is -2.38. The van der Waals surface area contributed by atoms with Gasteiger partial charge in [-0.1, -0.05) is 12.1 Å². The summed E-state index contributed by atoms with van der Waals surface area (Å²) in [4.78, 5) is 43.1. The molecule has 2 aromatic rings. The molecule has 2 amide bonds. The summed E-state index contributed by atoms with van der Waals surface area (Å²) in [6.45, 7) is 8.46. The molecule has 1 atom stereocenters. The second-order valence-electron chi connectivity index (χ2n) is 8.20. The highest BCUT2D eigenvalue weighted by atomic mass is 16.2. The fourth-order valence-corrected chi connectivity index (χ4v) is 4.31. The molecule has 0 bridgehead atoms. The number of carbonyl (C=O) groups is 3. The van der Waals surface area contributed by atoms with Gasteiger partial charge < -0.3 is 4.90 Å². The normalized spacial score (nSPS) is 20.2. The highest BCUT2D eigenvalue weighted by Gasteiger charge is 2.43. The van der Waals surface area contributed by atoms with E-state index in [4.69, 9.17) is 0 Å². The minimum absolute atomic E-state index is 0.0594. The molecule has 2 aliphatic rings. The molecule has 0 saturated carbocycles. The molecule has 0 N–H and O–H groups in total. The Hall–Kier alpha value is -2.99. The van der Waals surface area contributed by atoms with Crippen molar-refractivity contribution in [3.05, 3.63) is 59.2 Å². The van der Waals surface area contributed by atoms with Gasteiger partial charge in [0.25, 0.3) is 5.91 Å². The number of carbonyl (C=O) groups excluding carboxylic acids is 3. The summed E-state index contributed by atoms with van der Waals surface area (Å²) in [6, 6.07) is 13.1. The topological polar surface area (TPSA) is 60.9 Å². The summed E-state index contributed by atoms with van der Waals surface area (Å²) in [5.74, 6) is -0.182. The Morgan fingerprint density at radius 2 is 1.60 bits per heavy atom. The minimum Gasteiger partial charge on any atom is -0.369 e. The highest BCUT2D eigenvalue weighted by Crippen LogP contribution is 2.30. The van der Waals surface area contributed by atoms with Crippen LogP contribution >= 0.6 is 0 Å². The lowest BCUT2D eigenvalue weighted by Crippen LogP contribution is -2.52. The van der Waals surface area contributed by atoms with Crippen molar-refractivity contribution in [3.8, 4) is 0 Å². The number of hydrogen-bond donors (Lipinski definition) is 0. The van der Waals surface area contributed by atoms with Crippen molar-refractivity contribution in [2.75, 3.05) is 36.0 Å². The van der Waals surface area contributed by atoms with Gasteiger partial charge in [0.1, 0.15) is 0 Å². The van der Waals surface area contributed by atoms with Crippen LogP contribution in [0.5, 0.6) is 0 Å². The molecule has 2 saturated heterocycles. The van der Waals surface area contributed by atoms with E-state index in [1.165, 1.54) is 4.90 Å². The van der Waals surface area contributed by atoms with E-state index in [2.05, 4.69) is 9.80 Å². The van der Waals surface area contributed by atoms with Crippen LogP contribution in [0.3, 0.4) is 0 Å². The van der Waals surface area contributed by atoms with Gasteiger partial charge in [0.15, 0.2) is 5.78 Å². The number of amides is 2. The molecule has 2 heterocycles. The van der Waals surface area contributed by atoms with Crippen molar-refractivity contribution in [3.63, 3.8) is 0 Å². The zero-order valence-corrected chi connectivity index (χ0v) is 17.7. The minimum atomic E-state index is -0.389. The van der Waals surface area contributed by atoms with Gasteiger partial charge in [0.2, 0.25) is 5.91 Å². The number of hydrogen-bond acceptors (Lipinski definition) is 5. The first-order valence-corrected chi connectivity index (χ1v) is 10.4. The molecule has 1 unspecified atom stereocenters. The van der Waals surface area contributed by atoms with Crippen LogP contribution in [0.15, 0.2) is 42.5 Å². The maximum absolute atomic E-state index is 13.1. The fourth-order valence-electron chi connectivity index (χ4n) is 4.31. The first-order chi connectivity index (χ1) is 14.3. The first-order valence-electron chi connectivity index (χ1n) is 10.4. The van der Waals surface area contributed by atoms with Crippen LogP contribution in [0.1, 0.15) is 34.8 Å². The second-order valence-corrected chi connectivity index (χ2v) is 8.20. The third-order valence-corrected chi connectivity index (χ3v) is 6.12. The average Bonchev–Trinajstić information content (AvgIpc) is 3.04. The standard InChI is InChI=1S/C24H27N3O3/c1-16-4-5-17(2)21(14-16)27-23(29)15-22(24(27)30)26-12-10-25(11-13-26)20-8-6-19(7-9-20)18(3)28/h4-9,14,22H,10-13,15H2,1-3H3. The Kier molecular flexibility index (Phi) is 5.43. The maximum atomic E-state index is 13.1. The third kappa shape index (κ3) is 3.75. The van der Waals surface area contributed by atoms with Gasteiger partial charge in [-0.2, -0.15) is 0 Å². The van der Waals surface area contributed by atoms with E-state index < -0.39 is 0 Å². The predicted molar refractivity (Wildman–Crippen MR) is 117 cm³/mol. The van der Waals surface area contributed by atoms with Crippen LogP contribution in [0.2, 0.25) is 0 Å². The van der Waals surface area contributed by atoms with Crippen LogP contribution in [0.25, 0.3) is 0 Å². The SMILES string of the molecule is CC(=O)c1ccc(N2CCN(C3CC(=O)N(c4cc(C)ccc4C)C3=O)CC2)cc1. The monoisotopic (exact) mass is 405 g/mol. The van der Waals surface area contributed by atoms with Crippen LogP contribution < -0.4 is 9.80 Å². The lowest BCUT2D eigenvalue weighted by atomic mass is 10.1. The number of aryl methyl sites for hydroxylation is 2. The Bertz CT molecular complexity index is 991.